The summed E-state index contributed by atoms with van der Waals surface area (Å²) in [6.07, 6.45) is 3.13. The molecule has 2 aliphatic rings. The first kappa shape index (κ1) is 12.4. The van der Waals surface area contributed by atoms with Gasteiger partial charge in [-0.1, -0.05) is 0 Å². The summed E-state index contributed by atoms with van der Waals surface area (Å²) in [6, 6.07) is 4.73. The van der Waals surface area contributed by atoms with Crippen LogP contribution in [0.3, 0.4) is 0 Å². The van der Waals surface area contributed by atoms with Gasteiger partial charge in [0.2, 0.25) is 0 Å². The first-order valence-electron chi connectivity index (χ1n) is 6.65. The molecule has 2 saturated heterocycles. The highest BCUT2D eigenvalue weighted by Crippen LogP contribution is 2.27. The molecule has 5 heteroatoms. The average Bonchev–Trinajstić information content (AvgIpc) is 2.90. The molecule has 0 bridgehead atoms. The van der Waals surface area contributed by atoms with Gasteiger partial charge in [-0.05, 0) is 34.5 Å². The summed E-state index contributed by atoms with van der Waals surface area (Å²) in [6.45, 7) is 6.84. The number of hydrogen-bond donors (Lipinski definition) is 1. The van der Waals surface area contributed by atoms with E-state index >= 15 is 0 Å². The Hall–Kier alpha value is -0.650. The Bertz CT molecular complexity index is 406. The molecule has 3 rings (SSSR count). The number of rotatable bonds is 2. The van der Waals surface area contributed by atoms with Crippen molar-refractivity contribution >= 4 is 21.7 Å². The fourth-order valence-corrected chi connectivity index (χ4v) is 3.40. The van der Waals surface area contributed by atoms with Gasteiger partial charge in [-0.15, -0.1) is 0 Å². The van der Waals surface area contributed by atoms with Crippen LogP contribution in [0.15, 0.2) is 22.8 Å². The molecule has 1 atom stereocenters. The summed E-state index contributed by atoms with van der Waals surface area (Å²) < 4.78 is 1.10. The Balaban J connectivity index is 1.66. The first-order valence-corrected chi connectivity index (χ1v) is 7.44. The quantitative estimate of drug-likeness (QED) is 0.893. The lowest BCUT2D eigenvalue weighted by molar-refractivity contribution is 0.185. The van der Waals surface area contributed by atoms with Crippen LogP contribution in [-0.4, -0.2) is 55.2 Å². The molecule has 2 fully saturated rings. The Labute approximate surface area is 116 Å². The van der Waals surface area contributed by atoms with Gasteiger partial charge in [0.1, 0.15) is 5.82 Å². The maximum absolute atomic E-state index is 4.49. The standard InChI is InChI=1S/C13H19BrN4/c14-12-2-1-4-16-13(12)18-7-3-11(10-18)17-8-5-15-6-9-17/h1-2,4,11,15H,3,5-10H2. The van der Waals surface area contributed by atoms with Crippen molar-refractivity contribution in [3.05, 3.63) is 22.8 Å². The normalized spacial score (nSPS) is 25.6. The van der Waals surface area contributed by atoms with E-state index in [2.05, 4.69) is 42.1 Å². The maximum Gasteiger partial charge on any atom is 0.142 e. The monoisotopic (exact) mass is 310 g/mol. The molecule has 4 nitrogen and oxygen atoms in total. The molecule has 18 heavy (non-hydrogen) atoms. The molecule has 98 valence electrons. The number of aromatic nitrogens is 1. The van der Waals surface area contributed by atoms with Gasteiger partial charge < -0.3 is 10.2 Å². The summed E-state index contributed by atoms with van der Waals surface area (Å²) in [5, 5.41) is 3.42. The van der Waals surface area contributed by atoms with Crippen LogP contribution < -0.4 is 10.2 Å². The van der Waals surface area contributed by atoms with Crippen LogP contribution in [0.25, 0.3) is 0 Å². The van der Waals surface area contributed by atoms with E-state index in [1.54, 1.807) is 0 Å². The van der Waals surface area contributed by atoms with E-state index in [9.17, 15) is 0 Å². The predicted octanol–water partition coefficient (Wildman–Crippen LogP) is 1.33. The molecule has 0 aromatic carbocycles. The number of pyridine rings is 1. The van der Waals surface area contributed by atoms with Gasteiger partial charge in [-0.25, -0.2) is 4.98 Å². The van der Waals surface area contributed by atoms with Gasteiger partial charge in [-0.3, -0.25) is 4.90 Å². The number of hydrogen-bond acceptors (Lipinski definition) is 4. The smallest absolute Gasteiger partial charge is 0.142 e. The lowest BCUT2D eigenvalue weighted by Crippen LogP contribution is -2.49. The zero-order chi connectivity index (χ0) is 12.4. The Morgan fingerprint density at radius 2 is 2.11 bits per heavy atom. The highest BCUT2D eigenvalue weighted by atomic mass is 79.9. The largest absolute Gasteiger partial charge is 0.354 e. The predicted molar refractivity (Wildman–Crippen MR) is 77.0 cm³/mol. The van der Waals surface area contributed by atoms with Crippen LogP contribution in [0.4, 0.5) is 5.82 Å². The third-order valence-corrected chi connectivity index (χ3v) is 4.49. The van der Waals surface area contributed by atoms with Gasteiger partial charge in [0, 0.05) is 51.5 Å². The highest BCUT2D eigenvalue weighted by molar-refractivity contribution is 9.10. The average molecular weight is 311 g/mol. The Morgan fingerprint density at radius 3 is 2.89 bits per heavy atom. The fraction of sp³-hybridized carbons (Fsp3) is 0.615. The van der Waals surface area contributed by atoms with Crippen molar-refractivity contribution in [3.8, 4) is 0 Å². The lowest BCUT2D eigenvalue weighted by atomic mass is 10.2. The fourth-order valence-electron chi connectivity index (χ4n) is 2.89. The SMILES string of the molecule is Brc1cccnc1N1CCC(N2CCNCC2)C1. The van der Waals surface area contributed by atoms with Crippen molar-refractivity contribution in [1.29, 1.82) is 0 Å². The van der Waals surface area contributed by atoms with Gasteiger partial charge in [0.15, 0.2) is 0 Å². The summed E-state index contributed by atoms with van der Waals surface area (Å²) >= 11 is 3.59. The van der Waals surface area contributed by atoms with Crippen LogP contribution >= 0.6 is 15.9 Å². The van der Waals surface area contributed by atoms with E-state index in [0.29, 0.717) is 6.04 Å². The zero-order valence-corrected chi connectivity index (χ0v) is 12.1. The van der Waals surface area contributed by atoms with Crippen molar-refractivity contribution in [1.82, 2.24) is 15.2 Å². The van der Waals surface area contributed by atoms with Gasteiger partial charge in [-0.2, -0.15) is 0 Å². The first-order chi connectivity index (χ1) is 8.84. The van der Waals surface area contributed by atoms with Crippen molar-refractivity contribution in [2.75, 3.05) is 44.2 Å². The minimum absolute atomic E-state index is 0.695. The van der Waals surface area contributed by atoms with Crippen molar-refractivity contribution in [2.24, 2.45) is 0 Å². The second-order valence-corrected chi connectivity index (χ2v) is 5.84. The summed E-state index contributed by atoms with van der Waals surface area (Å²) in [4.78, 5) is 9.51. The number of halogens is 1. The van der Waals surface area contributed by atoms with Crippen molar-refractivity contribution < 1.29 is 0 Å². The summed E-state index contributed by atoms with van der Waals surface area (Å²) in [5.74, 6) is 1.09. The number of anilines is 1. The molecule has 0 amide bonds. The number of nitrogens with one attached hydrogen (secondary N) is 1. The van der Waals surface area contributed by atoms with Crippen molar-refractivity contribution in [3.63, 3.8) is 0 Å². The van der Waals surface area contributed by atoms with E-state index in [4.69, 9.17) is 0 Å². The minimum Gasteiger partial charge on any atom is -0.354 e. The van der Waals surface area contributed by atoms with Crippen LogP contribution in [0.5, 0.6) is 0 Å². The Morgan fingerprint density at radius 1 is 1.28 bits per heavy atom. The van der Waals surface area contributed by atoms with E-state index < -0.39 is 0 Å². The van der Waals surface area contributed by atoms with E-state index in [1.807, 2.05) is 12.3 Å². The number of nitrogens with zero attached hydrogens (tertiary/aromatic N) is 3. The third-order valence-electron chi connectivity index (χ3n) is 3.87. The highest BCUT2D eigenvalue weighted by Gasteiger charge is 2.29. The molecule has 1 N–H and O–H groups in total. The molecular weight excluding hydrogens is 292 g/mol. The van der Waals surface area contributed by atoms with E-state index in [1.165, 1.54) is 19.5 Å². The molecule has 3 heterocycles. The molecular formula is C13H19BrN4. The molecule has 2 aliphatic heterocycles. The zero-order valence-electron chi connectivity index (χ0n) is 10.5. The van der Waals surface area contributed by atoms with Gasteiger partial charge >= 0.3 is 0 Å². The summed E-state index contributed by atoms with van der Waals surface area (Å²) in [5.41, 5.74) is 0. The van der Waals surface area contributed by atoms with Gasteiger partial charge in [0.05, 0.1) is 4.47 Å². The lowest BCUT2D eigenvalue weighted by Gasteiger charge is -2.32. The second-order valence-electron chi connectivity index (χ2n) is 4.98. The van der Waals surface area contributed by atoms with Crippen molar-refractivity contribution in [2.45, 2.75) is 12.5 Å². The molecule has 0 spiro atoms. The minimum atomic E-state index is 0.695. The third kappa shape index (κ3) is 2.53. The van der Waals surface area contributed by atoms with Crippen LogP contribution in [0.1, 0.15) is 6.42 Å². The molecule has 0 aliphatic carbocycles. The van der Waals surface area contributed by atoms with Crippen LogP contribution in [0, 0.1) is 0 Å². The van der Waals surface area contributed by atoms with E-state index in [-0.39, 0.29) is 0 Å². The van der Waals surface area contributed by atoms with Crippen LogP contribution in [0.2, 0.25) is 0 Å². The van der Waals surface area contributed by atoms with Gasteiger partial charge in [0.25, 0.3) is 0 Å². The molecule has 1 aromatic heterocycles. The molecule has 0 saturated carbocycles. The Kier molecular flexibility index (Phi) is 3.82. The number of piperazine rings is 1. The van der Waals surface area contributed by atoms with Crippen LogP contribution in [-0.2, 0) is 0 Å². The second kappa shape index (κ2) is 5.55. The maximum atomic E-state index is 4.49. The topological polar surface area (TPSA) is 31.4 Å². The molecule has 1 aromatic rings. The summed E-state index contributed by atoms with van der Waals surface area (Å²) in [7, 11) is 0. The van der Waals surface area contributed by atoms with E-state index in [0.717, 1.165) is 36.5 Å². The molecule has 0 radical (unpaired) electrons. The molecule has 1 unspecified atom stereocenters.